The van der Waals surface area contributed by atoms with Crippen LogP contribution in [0.15, 0.2) is 0 Å². The van der Waals surface area contributed by atoms with Crippen LogP contribution in [0.3, 0.4) is 0 Å². The maximum atomic E-state index is 14.1. The van der Waals surface area contributed by atoms with Gasteiger partial charge < -0.3 is 13.6 Å². The summed E-state index contributed by atoms with van der Waals surface area (Å²) in [6.07, 6.45) is -2.87. The molecule has 21 heavy (non-hydrogen) atoms. The van der Waals surface area contributed by atoms with Gasteiger partial charge in [-0.3, -0.25) is 0 Å². The fourth-order valence-electron chi connectivity index (χ4n) is 3.62. The Kier molecular flexibility index (Phi) is 6.70. The van der Waals surface area contributed by atoms with E-state index in [0.29, 0.717) is 25.3 Å². The van der Waals surface area contributed by atoms with Crippen molar-refractivity contribution in [3.8, 4) is 0 Å². The van der Waals surface area contributed by atoms with E-state index in [2.05, 4.69) is 0 Å². The van der Waals surface area contributed by atoms with E-state index in [0.717, 1.165) is 0 Å². The van der Waals surface area contributed by atoms with E-state index in [1.54, 1.807) is 27.7 Å². The Balaban J connectivity index is 3.45. The maximum absolute atomic E-state index is 14.1. The second-order valence-electron chi connectivity index (χ2n) is 5.28. The summed E-state index contributed by atoms with van der Waals surface area (Å²) in [5.74, 6) is -0.601. The summed E-state index contributed by atoms with van der Waals surface area (Å²) >= 11 is 0. The van der Waals surface area contributed by atoms with Crippen molar-refractivity contribution in [1.82, 2.24) is 0 Å². The Morgan fingerprint density at radius 1 is 1.05 bits per heavy atom. The van der Waals surface area contributed by atoms with E-state index in [-0.39, 0.29) is 19.8 Å². The van der Waals surface area contributed by atoms with Crippen molar-refractivity contribution in [1.29, 1.82) is 0 Å². The molecule has 0 bridgehead atoms. The topological polar surface area (TPSA) is 27.7 Å². The highest BCUT2D eigenvalue weighted by Crippen LogP contribution is 2.54. The molecule has 0 aromatic carbocycles. The number of rotatable bonds is 7. The van der Waals surface area contributed by atoms with Crippen LogP contribution >= 0.6 is 0 Å². The molecule has 0 N–H and O–H groups in total. The molecule has 0 radical (unpaired) electrons. The summed E-state index contributed by atoms with van der Waals surface area (Å²) in [5, 5.41) is -2.26. The lowest BCUT2D eigenvalue weighted by Gasteiger charge is -2.53. The molecule has 1 heterocycles. The van der Waals surface area contributed by atoms with Gasteiger partial charge in [-0.05, 0) is 39.2 Å². The van der Waals surface area contributed by atoms with Gasteiger partial charge in [-0.1, -0.05) is 19.8 Å². The minimum atomic E-state index is -4.49. The quantitative estimate of drug-likeness (QED) is 0.656. The van der Waals surface area contributed by atoms with Crippen LogP contribution in [-0.4, -0.2) is 39.8 Å². The average molecular weight is 328 g/mol. The van der Waals surface area contributed by atoms with E-state index in [1.165, 1.54) is 0 Å². The molecule has 0 aromatic rings. The third kappa shape index (κ3) is 3.16. The molecule has 1 aliphatic rings. The third-order valence-electron chi connectivity index (χ3n) is 4.24. The van der Waals surface area contributed by atoms with Gasteiger partial charge in [0, 0.05) is 19.8 Å². The Bertz CT molecular complexity index is 314. The highest BCUT2D eigenvalue weighted by molar-refractivity contribution is 6.71. The van der Waals surface area contributed by atoms with E-state index in [1.807, 2.05) is 0 Å². The van der Waals surface area contributed by atoms with Crippen molar-refractivity contribution < 1.29 is 26.8 Å². The van der Waals surface area contributed by atoms with Gasteiger partial charge in [0.2, 0.25) is 5.22 Å². The van der Waals surface area contributed by atoms with Crippen molar-refractivity contribution in [3.63, 3.8) is 0 Å². The molecule has 0 spiro atoms. The molecule has 1 saturated heterocycles. The molecule has 0 aromatic heterocycles. The Morgan fingerprint density at radius 3 is 2.00 bits per heavy atom. The fourth-order valence-corrected chi connectivity index (χ4v) is 8.17. The molecule has 1 fully saturated rings. The predicted octanol–water partition coefficient (Wildman–Crippen LogP) is 4.20. The third-order valence-corrected chi connectivity index (χ3v) is 8.73. The molecule has 7 heteroatoms. The molecule has 2 atom stereocenters. The largest absolute Gasteiger partial charge is 0.419 e. The van der Waals surface area contributed by atoms with Gasteiger partial charge in [-0.15, -0.1) is 0 Å². The van der Waals surface area contributed by atoms with Gasteiger partial charge in [-0.25, -0.2) is 0 Å². The Morgan fingerprint density at radius 2 is 1.62 bits per heavy atom. The first kappa shape index (κ1) is 18.9. The second-order valence-corrected chi connectivity index (χ2v) is 8.61. The van der Waals surface area contributed by atoms with Crippen molar-refractivity contribution in [2.75, 3.05) is 19.8 Å². The van der Waals surface area contributed by atoms with E-state index in [9.17, 15) is 13.2 Å². The van der Waals surface area contributed by atoms with Gasteiger partial charge >= 0.3 is 14.7 Å². The molecule has 1 rings (SSSR count). The number of halogens is 3. The fraction of sp³-hybridized carbons (Fsp3) is 1.00. The van der Waals surface area contributed by atoms with Crippen molar-refractivity contribution >= 4 is 8.56 Å². The zero-order chi connectivity index (χ0) is 16.1. The van der Waals surface area contributed by atoms with Crippen LogP contribution in [0.5, 0.6) is 0 Å². The van der Waals surface area contributed by atoms with Crippen LogP contribution < -0.4 is 0 Å². The summed E-state index contributed by atoms with van der Waals surface area (Å²) in [4.78, 5) is 0. The lowest BCUT2D eigenvalue weighted by atomic mass is 9.92. The van der Waals surface area contributed by atoms with Crippen LogP contribution in [0.2, 0.25) is 6.04 Å². The summed E-state index contributed by atoms with van der Waals surface area (Å²) in [6, 6.07) is 0.338. The Labute approximate surface area is 126 Å². The highest BCUT2D eigenvalue weighted by Gasteiger charge is 2.76. The first-order valence-electron chi connectivity index (χ1n) is 7.83. The standard InChI is InChI=1S/C14H27F3O3Si/c1-5-12-10-9-11-21(19-7-3,20-8-4)13(12,18-6-2)14(15,16)17/h12H,5-11H2,1-4H3. The van der Waals surface area contributed by atoms with Crippen molar-refractivity contribution in [3.05, 3.63) is 0 Å². The first-order chi connectivity index (χ1) is 9.85. The molecule has 0 amide bonds. The van der Waals surface area contributed by atoms with Crippen LogP contribution in [0.25, 0.3) is 0 Å². The SMILES string of the molecule is CCOC1(C(F)(F)F)C(CC)CCC[Si]1(OCC)OCC. The lowest BCUT2D eigenvalue weighted by Crippen LogP contribution is -2.75. The monoisotopic (exact) mass is 328 g/mol. The molecule has 0 aliphatic carbocycles. The number of hydrogen-bond donors (Lipinski definition) is 0. The maximum Gasteiger partial charge on any atom is 0.419 e. The molecular weight excluding hydrogens is 301 g/mol. The van der Waals surface area contributed by atoms with E-state index in [4.69, 9.17) is 13.6 Å². The average Bonchev–Trinajstić information content (AvgIpc) is 2.40. The van der Waals surface area contributed by atoms with Crippen LogP contribution in [0.1, 0.15) is 47.0 Å². The molecule has 2 unspecified atom stereocenters. The minimum absolute atomic E-state index is 0.00487. The van der Waals surface area contributed by atoms with Crippen molar-refractivity contribution in [2.45, 2.75) is 64.4 Å². The molecular formula is C14H27F3O3Si. The Hall–Kier alpha value is -0.113. The minimum Gasteiger partial charge on any atom is -0.393 e. The van der Waals surface area contributed by atoms with Crippen LogP contribution in [0.4, 0.5) is 13.2 Å². The van der Waals surface area contributed by atoms with E-state index < -0.39 is 25.9 Å². The number of alkyl halides is 3. The zero-order valence-corrected chi connectivity index (χ0v) is 14.4. The van der Waals surface area contributed by atoms with Gasteiger partial charge in [0.1, 0.15) is 0 Å². The summed E-state index contributed by atoms with van der Waals surface area (Å²) < 4.78 is 59.2. The van der Waals surface area contributed by atoms with Gasteiger partial charge in [-0.2, -0.15) is 13.2 Å². The number of ether oxygens (including phenoxy) is 1. The molecule has 126 valence electrons. The predicted molar refractivity (Wildman–Crippen MR) is 77.2 cm³/mol. The first-order valence-corrected chi connectivity index (χ1v) is 9.86. The lowest BCUT2D eigenvalue weighted by molar-refractivity contribution is -0.278. The normalized spacial score (nSPS) is 29.6. The molecule has 0 saturated carbocycles. The zero-order valence-electron chi connectivity index (χ0n) is 13.4. The second kappa shape index (κ2) is 7.44. The van der Waals surface area contributed by atoms with Crippen LogP contribution in [0, 0.1) is 5.92 Å². The molecule has 1 aliphatic heterocycles. The smallest absolute Gasteiger partial charge is 0.393 e. The highest BCUT2D eigenvalue weighted by atomic mass is 28.4. The van der Waals surface area contributed by atoms with Gasteiger partial charge in [0.05, 0.1) is 0 Å². The number of hydrogen-bond acceptors (Lipinski definition) is 3. The van der Waals surface area contributed by atoms with Crippen LogP contribution in [-0.2, 0) is 13.6 Å². The van der Waals surface area contributed by atoms with E-state index >= 15 is 0 Å². The van der Waals surface area contributed by atoms with Crippen molar-refractivity contribution in [2.24, 2.45) is 5.92 Å². The summed E-state index contributed by atoms with van der Waals surface area (Å²) in [7, 11) is -3.55. The molecule has 3 nitrogen and oxygen atoms in total. The van der Waals surface area contributed by atoms with Gasteiger partial charge in [0.25, 0.3) is 0 Å². The van der Waals surface area contributed by atoms with Gasteiger partial charge in [0.15, 0.2) is 0 Å². The summed E-state index contributed by atoms with van der Waals surface area (Å²) in [6.45, 7) is 7.26. The summed E-state index contributed by atoms with van der Waals surface area (Å²) in [5.41, 5.74) is 0.